The Hall–Kier alpha value is -2.10. The largest absolute Gasteiger partial charge is 0.383 e. The Morgan fingerprint density at radius 1 is 1.11 bits per heavy atom. The van der Waals surface area contributed by atoms with E-state index in [0.29, 0.717) is 11.6 Å². The summed E-state index contributed by atoms with van der Waals surface area (Å²) in [6.45, 7) is 7.67. The van der Waals surface area contributed by atoms with E-state index in [-0.39, 0.29) is 0 Å². The fraction of sp³-hybridized carbons (Fsp3) is 0.333. The number of rotatable bonds is 4. The van der Waals surface area contributed by atoms with Crippen molar-refractivity contribution in [3.05, 3.63) is 47.3 Å². The summed E-state index contributed by atoms with van der Waals surface area (Å²) < 4.78 is 0. The fourth-order valence-electron chi connectivity index (χ4n) is 2.08. The summed E-state index contributed by atoms with van der Waals surface area (Å²) in [5.74, 6) is 2.20. The number of hydrogen-bond donors (Lipinski definition) is 1. The molecule has 0 unspecified atom stereocenters. The van der Waals surface area contributed by atoms with E-state index in [1.165, 1.54) is 5.56 Å². The maximum Gasteiger partial charge on any atom is 0.137 e. The molecular formula is C15H20N4. The smallest absolute Gasteiger partial charge is 0.137 e. The average molecular weight is 256 g/mol. The lowest BCUT2D eigenvalue weighted by Crippen LogP contribution is -2.25. The van der Waals surface area contributed by atoms with Crippen LogP contribution in [-0.4, -0.2) is 16.5 Å². The summed E-state index contributed by atoms with van der Waals surface area (Å²) in [5.41, 5.74) is 8.14. The molecule has 0 aliphatic carbocycles. The summed E-state index contributed by atoms with van der Waals surface area (Å²) in [4.78, 5) is 11.0. The van der Waals surface area contributed by atoms with E-state index in [2.05, 4.69) is 46.1 Å². The zero-order chi connectivity index (χ0) is 13.8. The molecule has 1 heterocycles. The van der Waals surface area contributed by atoms with Gasteiger partial charge < -0.3 is 10.6 Å². The van der Waals surface area contributed by atoms with Gasteiger partial charge in [0, 0.05) is 18.7 Å². The minimum absolute atomic E-state index is 0.564. The van der Waals surface area contributed by atoms with E-state index < -0.39 is 0 Å². The predicted molar refractivity (Wildman–Crippen MR) is 79.1 cm³/mol. The number of nitrogen functional groups attached to an aromatic ring is 1. The van der Waals surface area contributed by atoms with Gasteiger partial charge in [-0.3, -0.25) is 0 Å². The van der Waals surface area contributed by atoms with Gasteiger partial charge in [0.1, 0.15) is 17.5 Å². The molecule has 2 N–H and O–H groups in total. The van der Waals surface area contributed by atoms with Crippen molar-refractivity contribution < 1.29 is 0 Å². The second-order valence-electron chi connectivity index (χ2n) is 4.60. The Bertz CT molecular complexity index is 552. The fourth-order valence-corrected chi connectivity index (χ4v) is 2.08. The average Bonchev–Trinajstić information content (AvgIpc) is 2.41. The molecule has 4 heteroatoms. The van der Waals surface area contributed by atoms with Gasteiger partial charge in [0.05, 0.1) is 0 Å². The van der Waals surface area contributed by atoms with Crippen molar-refractivity contribution in [2.45, 2.75) is 27.3 Å². The van der Waals surface area contributed by atoms with Gasteiger partial charge in [0.2, 0.25) is 0 Å². The van der Waals surface area contributed by atoms with Crippen molar-refractivity contribution in [1.29, 1.82) is 0 Å². The highest BCUT2D eigenvalue weighted by Gasteiger charge is 2.13. The molecule has 2 rings (SSSR count). The molecule has 0 bridgehead atoms. The Morgan fingerprint density at radius 2 is 1.79 bits per heavy atom. The van der Waals surface area contributed by atoms with Crippen molar-refractivity contribution in [3.63, 3.8) is 0 Å². The van der Waals surface area contributed by atoms with Crippen LogP contribution in [0.2, 0.25) is 0 Å². The molecule has 0 amide bonds. The molecule has 0 aliphatic rings. The van der Waals surface area contributed by atoms with Gasteiger partial charge in [-0.1, -0.05) is 30.3 Å². The van der Waals surface area contributed by atoms with Crippen LogP contribution in [0.1, 0.15) is 23.9 Å². The van der Waals surface area contributed by atoms with E-state index in [9.17, 15) is 0 Å². The molecule has 0 spiro atoms. The highest BCUT2D eigenvalue weighted by atomic mass is 15.2. The maximum atomic E-state index is 5.93. The monoisotopic (exact) mass is 256 g/mol. The van der Waals surface area contributed by atoms with Crippen molar-refractivity contribution in [2.75, 3.05) is 17.2 Å². The molecule has 0 saturated heterocycles. The molecule has 19 heavy (non-hydrogen) atoms. The van der Waals surface area contributed by atoms with Crippen LogP contribution in [0, 0.1) is 13.8 Å². The van der Waals surface area contributed by atoms with E-state index in [1.54, 1.807) is 0 Å². The SMILES string of the molecule is CCN(Cc1ccccc1)c1nc(C)nc(N)c1C. The van der Waals surface area contributed by atoms with Gasteiger partial charge in [-0.15, -0.1) is 0 Å². The molecule has 1 aromatic carbocycles. The van der Waals surface area contributed by atoms with Crippen LogP contribution in [-0.2, 0) is 6.54 Å². The van der Waals surface area contributed by atoms with E-state index in [0.717, 1.165) is 24.5 Å². The number of nitrogens with zero attached hydrogens (tertiary/aromatic N) is 3. The van der Waals surface area contributed by atoms with Crippen molar-refractivity contribution >= 4 is 11.6 Å². The molecule has 2 aromatic rings. The number of aromatic nitrogens is 2. The maximum absolute atomic E-state index is 5.93. The highest BCUT2D eigenvalue weighted by molar-refractivity contribution is 5.56. The minimum Gasteiger partial charge on any atom is -0.383 e. The molecule has 4 nitrogen and oxygen atoms in total. The first-order valence-electron chi connectivity index (χ1n) is 6.51. The molecular weight excluding hydrogens is 236 g/mol. The van der Waals surface area contributed by atoms with E-state index in [4.69, 9.17) is 5.73 Å². The van der Waals surface area contributed by atoms with Crippen LogP contribution < -0.4 is 10.6 Å². The Kier molecular flexibility index (Phi) is 4.00. The Morgan fingerprint density at radius 3 is 2.42 bits per heavy atom. The molecule has 100 valence electrons. The van der Waals surface area contributed by atoms with E-state index in [1.807, 2.05) is 19.9 Å². The van der Waals surface area contributed by atoms with Gasteiger partial charge in [0.15, 0.2) is 0 Å². The zero-order valence-electron chi connectivity index (χ0n) is 11.7. The first-order chi connectivity index (χ1) is 9.11. The number of aryl methyl sites for hydroxylation is 1. The summed E-state index contributed by atoms with van der Waals surface area (Å²) in [6, 6.07) is 10.4. The van der Waals surface area contributed by atoms with Crippen LogP contribution in [0.5, 0.6) is 0 Å². The molecule has 0 atom stereocenters. The standard InChI is InChI=1S/C15H20N4/c1-4-19(10-13-8-6-5-7-9-13)15-11(2)14(16)17-12(3)18-15/h5-9H,4,10H2,1-3H3,(H2,16,17,18). The van der Waals surface area contributed by atoms with Gasteiger partial charge in [-0.2, -0.15) is 0 Å². The Labute approximate surface area is 114 Å². The zero-order valence-corrected chi connectivity index (χ0v) is 11.7. The summed E-state index contributed by atoms with van der Waals surface area (Å²) >= 11 is 0. The summed E-state index contributed by atoms with van der Waals surface area (Å²) in [5, 5.41) is 0. The third-order valence-corrected chi connectivity index (χ3v) is 3.17. The van der Waals surface area contributed by atoms with Crippen molar-refractivity contribution in [1.82, 2.24) is 9.97 Å². The molecule has 0 saturated carbocycles. The number of benzene rings is 1. The second kappa shape index (κ2) is 5.69. The lowest BCUT2D eigenvalue weighted by Gasteiger charge is -2.24. The highest BCUT2D eigenvalue weighted by Crippen LogP contribution is 2.22. The first-order valence-corrected chi connectivity index (χ1v) is 6.51. The van der Waals surface area contributed by atoms with Crippen LogP contribution in [0.15, 0.2) is 30.3 Å². The normalized spacial score (nSPS) is 10.5. The molecule has 1 aromatic heterocycles. The van der Waals surface area contributed by atoms with Gasteiger partial charge in [0.25, 0.3) is 0 Å². The minimum atomic E-state index is 0.564. The van der Waals surface area contributed by atoms with Crippen molar-refractivity contribution in [2.24, 2.45) is 0 Å². The van der Waals surface area contributed by atoms with E-state index >= 15 is 0 Å². The van der Waals surface area contributed by atoms with Crippen LogP contribution in [0.4, 0.5) is 11.6 Å². The lowest BCUT2D eigenvalue weighted by molar-refractivity contribution is 0.799. The third-order valence-electron chi connectivity index (χ3n) is 3.17. The third kappa shape index (κ3) is 3.02. The van der Waals surface area contributed by atoms with Gasteiger partial charge in [-0.05, 0) is 26.3 Å². The molecule has 0 fully saturated rings. The first kappa shape index (κ1) is 13.3. The lowest BCUT2D eigenvalue weighted by atomic mass is 10.2. The number of nitrogens with two attached hydrogens (primary N) is 1. The predicted octanol–water partition coefficient (Wildman–Crippen LogP) is 2.70. The second-order valence-corrected chi connectivity index (χ2v) is 4.60. The number of hydrogen-bond acceptors (Lipinski definition) is 4. The van der Waals surface area contributed by atoms with Gasteiger partial charge in [-0.25, -0.2) is 9.97 Å². The topological polar surface area (TPSA) is 55.0 Å². The van der Waals surface area contributed by atoms with Gasteiger partial charge >= 0.3 is 0 Å². The Balaban J connectivity index is 2.32. The molecule has 0 aliphatic heterocycles. The van der Waals surface area contributed by atoms with Crippen LogP contribution >= 0.6 is 0 Å². The van der Waals surface area contributed by atoms with Crippen molar-refractivity contribution in [3.8, 4) is 0 Å². The number of anilines is 2. The quantitative estimate of drug-likeness (QED) is 0.913. The summed E-state index contributed by atoms with van der Waals surface area (Å²) in [6.07, 6.45) is 0. The van der Waals surface area contributed by atoms with Crippen LogP contribution in [0.3, 0.4) is 0 Å². The van der Waals surface area contributed by atoms with Crippen LogP contribution in [0.25, 0.3) is 0 Å². The summed E-state index contributed by atoms with van der Waals surface area (Å²) in [7, 11) is 0. The molecule has 0 radical (unpaired) electrons.